The molecular formula is C21H39N5O7S. The fourth-order valence-corrected chi connectivity index (χ4v) is 3.44. The number of nitrogens with one attached hydrogen (secondary N) is 3. The molecular weight excluding hydrogens is 466 g/mol. The van der Waals surface area contributed by atoms with Crippen LogP contribution >= 0.6 is 11.8 Å². The average molecular weight is 506 g/mol. The fraction of sp³-hybridized carbons (Fsp3) is 0.762. The molecule has 0 aromatic heterocycles. The van der Waals surface area contributed by atoms with Crippen LogP contribution in [-0.2, 0) is 24.0 Å². The number of hydrogen-bond acceptors (Lipinski definition) is 8. The second kappa shape index (κ2) is 17.1. The highest BCUT2D eigenvalue weighted by Gasteiger charge is 2.31. The van der Waals surface area contributed by atoms with Gasteiger partial charge < -0.3 is 37.6 Å². The van der Waals surface area contributed by atoms with E-state index in [0.29, 0.717) is 38.0 Å². The lowest BCUT2D eigenvalue weighted by Gasteiger charge is -2.26. The third-order valence-electron chi connectivity index (χ3n) is 5.38. The Bertz CT molecular complexity index is 694. The van der Waals surface area contributed by atoms with Gasteiger partial charge in [0.1, 0.15) is 18.1 Å². The smallest absolute Gasteiger partial charge is 0.326 e. The molecule has 5 unspecified atom stereocenters. The first-order valence-electron chi connectivity index (χ1n) is 11.3. The van der Waals surface area contributed by atoms with Crippen LogP contribution in [0.2, 0.25) is 0 Å². The van der Waals surface area contributed by atoms with E-state index in [9.17, 15) is 29.1 Å². The van der Waals surface area contributed by atoms with Gasteiger partial charge in [-0.1, -0.05) is 20.3 Å². The van der Waals surface area contributed by atoms with Crippen LogP contribution in [0.4, 0.5) is 0 Å². The van der Waals surface area contributed by atoms with E-state index in [4.69, 9.17) is 16.6 Å². The molecule has 0 saturated carbocycles. The Morgan fingerprint density at radius 3 is 1.88 bits per heavy atom. The number of carbonyl (C=O) groups is 5. The van der Waals surface area contributed by atoms with E-state index in [2.05, 4.69) is 16.0 Å². The molecule has 0 heterocycles. The summed E-state index contributed by atoms with van der Waals surface area (Å²) in [7, 11) is 0. The summed E-state index contributed by atoms with van der Waals surface area (Å²) in [5.74, 6) is -4.36. The van der Waals surface area contributed by atoms with E-state index in [0.717, 1.165) is 0 Å². The molecule has 0 saturated heterocycles. The van der Waals surface area contributed by atoms with Gasteiger partial charge in [0.15, 0.2) is 0 Å². The standard InChI is InChI=1S/C21H39N5O7S/c1-4-12(2)17(23)20(31)25-14(8-10-34-3)19(30)24-13(7-5-6-9-22)18(29)26-15(21(32)33)11-16(27)28/h12-15,17H,4-11,22-23H2,1-3H3,(H,24,30)(H,25,31)(H,26,29)(H,27,28)(H,32,33). The Morgan fingerprint density at radius 1 is 0.882 bits per heavy atom. The van der Waals surface area contributed by atoms with Gasteiger partial charge in [0.25, 0.3) is 0 Å². The van der Waals surface area contributed by atoms with Crippen molar-refractivity contribution in [3.8, 4) is 0 Å². The Hall–Kier alpha value is -2.38. The van der Waals surface area contributed by atoms with Crippen LogP contribution in [0, 0.1) is 5.92 Å². The van der Waals surface area contributed by atoms with E-state index in [-0.39, 0.29) is 12.3 Å². The molecule has 0 aromatic rings. The van der Waals surface area contributed by atoms with Crippen molar-refractivity contribution < 1.29 is 34.2 Å². The predicted molar refractivity (Wildman–Crippen MR) is 129 cm³/mol. The third kappa shape index (κ3) is 12.2. The van der Waals surface area contributed by atoms with Crippen molar-refractivity contribution in [2.75, 3.05) is 18.6 Å². The van der Waals surface area contributed by atoms with Crippen molar-refractivity contribution >= 4 is 41.4 Å². The van der Waals surface area contributed by atoms with E-state index >= 15 is 0 Å². The van der Waals surface area contributed by atoms with Gasteiger partial charge in [-0.25, -0.2) is 4.79 Å². The van der Waals surface area contributed by atoms with E-state index in [1.54, 1.807) is 0 Å². The molecule has 0 aliphatic rings. The molecule has 34 heavy (non-hydrogen) atoms. The van der Waals surface area contributed by atoms with Gasteiger partial charge in [-0.2, -0.15) is 11.8 Å². The molecule has 5 atom stereocenters. The number of amides is 3. The van der Waals surface area contributed by atoms with Crippen LogP contribution in [0.5, 0.6) is 0 Å². The monoisotopic (exact) mass is 505 g/mol. The highest BCUT2D eigenvalue weighted by Crippen LogP contribution is 2.09. The molecule has 12 nitrogen and oxygen atoms in total. The first kappa shape index (κ1) is 31.6. The van der Waals surface area contributed by atoms with E-state index in [1.807, 2.05) is 20.1 Å². The zero-order valence-electron chi connectivity index (χ0n) is 20.0. The Kier molecular flexibility index (Phi) is 15.9. The molecule has 0 aliphatic carbocycles. The summed E-state index contributed by atoms with van der Waals surface area (Å²) in [6.07, 6.45) is 3.19. The van der Waals surface area contributed by atoms with E-state index < -0.39 is 60.2 Å². The molecule has 0 bridgehead atoms. The molecule has 0 aliphatic heterocycles. The number of nitrogens with two attached hydrogens (primary N) is 2. The Balaban J connectivity index is 5.52. The number of hydrogen-bond donors (Lipinski definition) is 7. The highest BCUT2D eigenvalue weighted by atomic mass is 32.2. The van der Waals surface area contributed by atoms with Crippen LogP contribution in [0.1, 0.15) is 52.4 Å². The van der Waals surface area contributed by atoms with Crippen LogP contribution in [0.25, 0.3) is 0 Å². The van der Waals surface area contributed by atoms with Crippen molar-refractivity contribution in [1.29, 1.82) is 0 Å². The summed E-state index contributed by atoms with van der Waals surface area (Å²) < 4.78 is 0. The summed E-state index contributed by atoms with van der Waals surface area (Å²) in [6.45, 7) is 4.09. The summed E-state index contributed by atoms with van der Waals surface area (Å²) in [5, 5.41) is 25.5. The molecule has 0 rings (SSSR count). The van der Waals surface area contributed by atoms with Crippen molar-refractivity contribution in [1.82, 2.24) is 16.0 Å². The Labute approximate surface area is 204 Å². The molecule has 0 aromatic carbocycles. The summed E-state index contributed by atoms with van der Waals surface area (Å²) in [4.78, 5) is 60.5. The molecule has 0 spiro atoms. The maximum absolute atomic E-state index is 13.0. The van der Waals surface area contributed by atoms with Crippen LogP contribution < -0.4 is 27.4 Å². The lowest BCUT2D eigenvalue weighted by Crippen LogP contribution is -2.57. The third-order valence-corrected chi connectivity index (χ3v) is 6.02. The maximum Gasteiger partial charge on any atom is 0.326 e. The van der Waals surface area contributed by atoms with Gasteiger partial charge in [-0.3, -0.25) is 19.2 Å². The molecule has 0 fully saturated rings. The lowest BCUT2D eigenvalue weighted by atomic mass is 9.99. The van der Waals surface area contributed by atoms with Crippen molar-refractivity contribution in [2.45, 2.75) is 76.5 Å². The molecule has 9 N–H and O–H groups in total. The number of carboxylic acid groups (broad SMARTS) is 2. The summed E-state index contributed by atoms with van der Waals surface area (Å²) in [5.41, 5.74) is 11.5. The van der Waals surface area contributed by atoms with E-state index in [1.165, 1.54) is 11.8 Å². The van der Waals surface area contributed by atoms with Gasteiger partial charge in [0, 0.05) is 0 Å². The summed E-state index contributed by atoms with van der Waals surface area (Å²) >= 11 is 1.48. The van der Waals surface area contributed by atoms with Gasteiger partial charge in [-0.05, 0) is 50.2 Å². The molecule has 0 radical (unpaired) electrons. The fourth-order valence-electron chi connectivity index (χ4n) is 2.97. The quantitative estimate of drug-likeness (QED) is 0.116. The minimum absolute atomic E-state index is 0.0961. The largest absolute Gasteiger partial charge is 0.481 e. The van der Waals surface area contributed by atoms with Crippen LogP contribution in [-0.4, -0.2) is 82.6 Å². The second-order valence-electron chi connectivity index (χ2n) is 8.10. The average Bonchev–Trinajstić information content (AvgIpc) is 2.78. The minimum Gasteiger partial charge on any atom is -0.481 e. The predicted octanol–water partition coefficient (Wildman–Crippen LogP) is -0.744. The Morgan fingerprint density at radius 2 is 1.41 bits per heavy atom. The van der Waals surface area contributed by atoms with Gasteiger partial charge in [0.05, 0.1) is 12.5 Å². The SMILES string of the molecule is CCC(C)C(N)C(=O)NC(CCSC)C(=O)NC(CCCCN)C(=O)NC(CC(=O)O)C(=O)O. The zero-order valence-corrected chi connectivity index (χ0v) is 20.9. The van der Waals surface area contributed by atoms with Crippen molar-refractivity contribution in [3.63, 3.8) is 0 Å². The first-order valence-corrected chi connectivity index (χ1v) is 12.7. The minimum atomic E-state index is -1.65. The summed E-state index contributed by atoms with van der Waals surface area (Å²) in [6, 6.07) is -4.54. The number of rotatable bonds is 18. The van der Waals surface area contributed by atoms with Gasteiger partial charge in [0.2, 0.25) is 17.7 Å². The first-order chi connectivity index (χ1) is 16.0. The van der Waals surface area contributed by atoms with Gasteiger partial charge in [-0.15, -0.1) is 0 Å². The normalized spacial score (nSPS) is 15.3. The van der Waals surface area contributed by atoms with Crippen LogP contribution in [0.3, 0.4) is 0 Å². The number of carboxylic acids is 2. The topological polar surface area (TPSA) is 214 Å². The highest BCUT2D eigenvalue weighted by molar-refractivity contribution is 7.98. The molecule has 3 amide bonds. The maximum atomic E-state index is 13.0. The number of carbonyl (C=O) groups excluding carboxylic acids is 3. The lowest BCUT2D eigenvalue weighted by molar-refractivity contribution is -0.147. The zero-order chi connectivity index (χ0) is 26.3. The van der Waals surface area contributed by atoms with Gasteiger partial charge >= 0.3 is 11.9 Å². The number of aliphatic carboxylic acids is 2. The second-order valence-corrected chi connectivity index (χ2v) is 9.08. The van der Waals surface area contributed by atoms with Crippen LogP contribution in [0.15, 0.2) is 0 Å². The van der Waals surface area contributed by atoms with Crippen molar-refractivity contribution in [2.24, 2.45) is 17.4 Å². The van der Waals surface area contributed by atoms with Crippen molar-refractivity contribution in [3.05, 3.63) is 0 Å². The number of thioether (sulfide) groups is 1. The number of unbranched alkanes of at least 4 members (excludes halogenated alkanes) is 1. The molecule has 196 valence electrons. The molecule has 13 heteroatoms.